The number of rotatable bonds is 1. The summed E-state index contributed by atoms with van der Waals surface area (Å²) < 4.78 is 1.51. The summed E-state index contributed by atoms with van der Waals surface area (Å²) in [7, 11) is 0. The molecule has 2 N–H and O–H groups in total. The van der Waals surface area contributed by atoms with Gasteiger partial charge in [0.25, 0.3) is 0 Å². The van der Waals surface area contributed by atoms with Crippen LogP contribution in [0.1, 0.15) is 5.56 Å². The average Bonchev–Trinajstić information content (AvgIpc) is 2.66. The molecule has 2 aromatic rings. The van der Waals surface area contributed by atoms with Crippen molar-refractivity contribution < 1.29 is 0 Å². The van der Waals surface area contributed by atoms with Crippen LogP contribution in [-0.2, 0) is 0 Å². The van der Waals surface area contributed by atoms with Gasteiger partial charge in [-0.15, -0.1) is 0 Å². The van der Waals surface area contributed by atoms with Gasteiger partial charge in [0, 0.05) is 18.0 Å². The molecule has 0 aromatic carbocycles. The van der Waals surface area contributed by atoms with Gasteiger partial charge < -0.3 is 5.73 Å². The van der Waals surface area contributed by atoms with Crippen LogP contribution < -0.4 is 5.73 Å². The largest absolute Gasteiger partial charge is 0.399 e. The van der Waals surface area contributed by atoms with E-state index in [1.54, 1.807) is 24.5 Å². The molecule has 0 aliphatic heterocycles. The molecule has 0 amide bonds. The minimum Gasteiger partial charge on any atom is -0.399 e. The first-order chi connectivity index (χ1) is 6.79. The quantitative estimate of drug-likeness (QED) is 0.709. The number of nitrogens with two attached hydrogens (primary N) is 1. The minimum absolute atomic E-state index is 0.495. The van der Waals surface area contributed by atoms with Crippen molar-refractivity contribution in [3.8, 4) is 11.9 Å². The summed E-state index contributed by atoms with van der Waals surface area (Å²) in [5, 5.41) is 12.6. The van der Waals surface area contributed by atoms with E-state index < -0.39 is 0 Å². The standard InChI is InChI=1S/C9H7N5/c10-4-7-5-13-14(6-7)9-3-8(11)1-2-12-9/h1-3,5-6H,(H2,11,12). The molecule has 0 aliphatic rings. The van der Waals surface area contributed by atoms with Gasteiger partial charge in [-0.25, -0.2) is 9.67 Å². The summed E-state index contributed by atoms with van der Waals surface area (Å²) in [6.45, 7) is 0. The lowest BCUT2D eigenvalue weighted by Crippen LogP contribution is -1.98. The highest BCUT2D eigenvalue weighted by Crippen LogP contribution is 2.08. The summed E-state index contributed by atoms with van der Waals surface area (Å²) in [4.78, 5) is 4.07. The van der Waals surface area contributed by atoms with Crippen molar-refractivity contribution in [3.63, 3.8) is 0 Å². The normalized spacial score (nSPS) is 9.64. The van der Waals surface area contributed by atoms with Crippen molar-refractivity contribution in [2.45, 2.75) is 0 Å². The average molecular weight is 185 g/mol. The predicted octanol–water partition coefficient (Wildman–Crippen LogP) is 0.721. The zero-order valence-electron chi connectivity index (χ0n) is 7.25. The highest BCUT2D eigenvalue weighted by atomic mass is 15.3. The molecule has 68 valence electrons. The number of hydrogen-bond donors (Lipinski definition) is 1. The van der Waals surface area contributed by atoms with Crippen molar-refractivity contribution in [2.24, 2.45) is 0 Å². The van der Waals surface area contributed by atoms with Gasteiger partial charge in [-0.3, -0.25) is 0 Å². The topological polar surface area (TPSA) is 80.5 Å². The number of nitrogens with zero attached hydrogens (tertiary/aromatic N) is 4. The van der Waals surface area contributed by atoms with Crippen molar-refractivity contribution in [3.05, 3.63) is 36.3 Å². The van der Waals surface area contributed by atoms with E-state index in [9.17, 15) is 0 Å². The van der Waals surface area contributed by atoms with E-state index >= 15 is 0 Å². The van der Waals surface area contributed by atoms with Crippen LogP contribution in [0, 0.1) is 11.3 Å². The lowest BCUT2D eigenvalue weighted by Gasteiger charge is -1.99. The number of nitriles is 1. The number of nitrogen functional groups attached to an aromatic ring is 1. The molecular formula is C9H7N5. The van der Waals surface area contributed by atoms with Gasteiger partial charge in [0.2, 0.25) is 0 Å². The van der Waals surface area contributed by atoms with Crippen molar-refractivity contribution in [1.82, 2.24) is 14.8 Å². The van der Waals surface area contributed by atoms with Crippen LogP contribution in [-0.4, -0.2) is 14.8 Å². The first-order valence-electron chi connectivity index (χ1n) is 3.96. The fourth-order valence-electron chi connectivity index (χ4n) is 1.07. The van der Waals surface area contributed by atoms with Gasteiger partial charge in [0.1, 0.15) is 6.07 Å². The molecule has 2 rings (SSSR count). The molecule has 0 radical (unpaired) electrons. The molecule has 5 heteroatoms. The lowest BCUT2D eigenvalue weighted by molar-refractivity contribution is 0.847. The summed E-state index contributed by atoms with van der Waals surface area (Å²) in [6, 6.07) is 5.37. The molecular weight excluding hydrogens is 178 g/mol. The Hall–Kier alpha value is -2.35. The Kier molecular flexibility index (Phi) is 1.88. The van der Waals surface area contributed by atoms with E-state index in [1.807, 2.05) is 6.07 Å². The molecule has 2 aromatic heterocycles. The smallest absolute Gasteiger partial charge is 0.155 e. The summed E-state index contributed by atoms with van der Waals surface area (Å²) >= 11 is 0. The third-order valence-corrected chi connectivity index (χ3v) is 1.72. The van der Waals surface area contributed by atoms with Crippen LogP contribution in [0.5, 0.6) is 0 Å². The van der Waals surface area contributed by atoms with Crippen LogP contribution in [0.15, 0.2) is 30.7 Å². The fourth-order valence-corrected chi connectivity index (χ4v) is 1.07. The second-order valence-corrected chi connectivity index (χ2v) is 2.73. The molecule has 0 bridgehead atoms. The molecule has 0 unspecified atom stereocenters. The van der Waals surface area contributed by atoms with Crippen LogP contribution >= 0.6 is 0 Å². The molecule has 0 fully saturated rings. The number of aromatic nitrogens is 3. The molecule has 2 heterocycles. The first kappa shape index (κ1) is 8.26. The Morgan fingerprint density at radius 1 is 1.50 bits per heavy atom. The minimum atomic E-state index is 0.495. The van der Waals surface area contributed by atoms with Crippen LogP contribution in [0.2, 0.25) is 0 Å². The maximum absolute atomic E-state index is 8.60. The maximum atomic E-state index is 8.60. The number of pyridine rings is 1. The SMILES string of the molecule is N#Cc1cnn(-c2cc(N)ccn2)c1. The number of anilines is 1. The highest BCUT2D eigenvalue weighted by molar-refractivity contribution is 5.42. The fraction of sp³-hybridized carbons (Fsp3) is 0. The number of hydrogen-bond acceptors (Lipinski definition) is 4. The molecule has 0 atom stereocenters. The van der Waals surface area contributed by atoms with Crippen molar-refractivity contribution in [2.75, 3.05) is 5.73 Å². The molecule has 0 aliphatic carbocycles. The van der Waals surface area contributed by atoms with Crippen LogP contribution in [0.4, 0.5) is 5.69 Å². The third-order valence-electron chi connectivity index (χ3n) is 1.72. The maximum Gasteiger partial charge on any atom is 0.155 e. The van der Waals surface area contributed by atoms with Crippen LogP contribution in [0.3, 0.4) is 0 Å². The van der Waals surface area contributed by atoms with Gasteiger partial charge in [-0.1, -0.05) is 0 Å². The molecule has 0 saturated heterocycles. The Morgan fingerprint density at radius 2 is 2.36 bits per heavy atom. The summed E-state index contributed by atoms with van der Waals surface area (Å²) in [6.07, 6.45) is 4.67. The van der Waals surface area contributed by atoms with Gasteiger partial charge in [0.05, 0.1) is 18.0 Å². The second-order valence-electron chi connectivity index (χ2n) is 2.73. The lowest BCUT2D eigenvalue weighted by atomic mass is 10.4. The molecule has 0 spiro atoms. The van der Waals surface area contributed by atoms with E-state index in [-0.39, 0.29) is 0 Å². The summed E-state index contributed by atoms with van der Waals surface area (Å²) in [5.74, 6) is 0.603. The van der Waals surface area contributed by atoms with E-state index in [1.165, 1.54) is 10.9 Å². The van der Waals surface area contributed by atoms with Crippen molar-refractivity contribution in [1.29, 1.82) is 5.26 Å². The van der Waals surface area contributed by atoms with Gasteiger partial charge >= 0.3 is 0 Å². The summed E-state index contributed by atoms with van der Waals surface area (Å²) in [5.41, 5.74) is 6.70. The van der Waals surface area contributed by atoms with Gasteiger partial charge in [-0.2, -0.15) is 10.4 Å². The van der Waals surface area contributed by atoms with Gasteiger partial charge in [0.15, 0.2) is 5.82 Å². The molecule has 0 saturated carbocycles. The zero-order chi connectivity index (χ0) is 9.97. The van der Waals surface area contributed by atoms with Gasteiger partial charge in [-0.05, 0) is 6.07 Å². The Morgan fingerprint density at radius 3 is 3.00 bits per heavy atom. The Balaban J connectivity index is 2.45. The van der Waals surface area contributed by atoms with E-state index in [0.29, 0.717) is 17.1 Å². The van der Waals surface area contributed by atoms with E-state index in [2.05, 4.69) is 10.1 Å². The zero-order valence-corrected chi connectivity index (χ0v) is 7.25. The predicted molar refractivity (Wildman–Crippen MR) is 50.5 cm³/mol. The van der Waals surface area contributed by atoms with E-state index in [0.717, 1.165) is 0 Å². The monoisotopic (exact) mass is 185 g/mol. The van der Waals surface area contributed by atoms with E-state index in [4.69, 9.17) is 11.0 Å². The third kappa shape index (κ3) is 1.41. The first-order valence-corrected chi connectivity index (χ1v) is 3.96. The van der Waals surface area contributed by atoms with Crippen molar-refractivity contribution >= 4 is 5.69 Å². The molecule has 14 heavy (non-hydrogen) atoms. The van der Waals surface area contributed by atoms with Crippen LogP contribution in [0.25, 0.3) is 5.82 Å². The Bertz CT molecular complexity index is 494. The highest BCUT2D eigenvalue weighted by Gasteiger charge is 2.00. The second kappa shape index (κ2) is 3.18. The Labute approximate surface area is 80.4 Å². The molecule has 5 nitrogen and oxygen atoms in total.